The quantitative estimate of drug-likeness (QED) is 0.626. The first-order chi connectivity index (χ1) is 15.3. The highest BCUT2D eigenvalue weighted by molar-refractivity contribution is 7.89. The van der Waals surface area contributed by atoms with Crippen LogP contribution in [0.2, 0.25) is 0 Å². The van der Waals surface area contributed by atoms with Crippen LogP contribution >= 0.6 is 0 Å². The number of fused-ring (bicyclic) bond motifs is 1. The second kappa shape index (κ2) is 9.14. The number of amides is 1. The van der Waals surface area contributed by atoms with E-state index in [1.54, 1.807) is 18.2 Å². The van der Waals surface area contributed by atoms with Crippen LogP contribution in [-0.2, 0) is 29.5 Å². The Labute approximate surface area is 189 Å². The molecule has 0 radical (unpaired) electrons. The van der Waals surface area contributed by atoms with E-state index in [0.717, 1.165) is 16.8 Å². The SMILES string of the molecule is CN(C)c1ccc(CNC(=O)c2cccc(S(=O)(=O)N3CCc4ccccc4C3)c2)cc1. The number of sulfonamides is 1. The molecule has 4 rings (SSSR count). The Morgan fingerprint density at radius 1 is 0.969 bits per heavy atom. The molecule has 0 fully saturated rings. The van der Waals surface area contributed by atoms with Gasteiger partial charge in [0, 0.05) is 45.0 Å². The highest BCUT2D eigenvalue weighted by Gasteiger charge is 2.28. The molecule has 0 aliphatic carbocycles. The molecule has 0 saturated heterocycles. The first-order valence-corrected chi connectivity index (χ1v) is 12.0. The number of hydrogen-bond acceptors (Lipinski definition) is 4. The van der Waals surface area contributed by atoms with E-state index in [1.807, 2.05) is 67.5 Å². The molecular formula is C25H27N3O3S. The maximum absolute atomic E-state index is 13.2. The van der Waals surface area contributed by atoms with Crippen LogP contribution in [0.1, 0.15) is 27.0 Å². The Hall–Kier alpha value is -3.16. The number of rotatable bonds is 6. The van der Waals surface area contributed by atoms with Crippen molar-refractivity contribution in [1.82, 2.24) is 9.62 Å². The number of hydrogen-bond donors (Lipinski definition) is 1. The summed E-state index contributed by atoms with van der Waals surface area (Å²) in [6.45, 7) is 1.14. The molecule has 3 aromatic rings. The molecule has 32 heavy (non-hydrogen) atoms. The van der Waals surface area contributed by atoms with Gasteiger partial charge in [-0.2, -0.15) is 4.31 Å². The number of nitrogens with one attached hydrogen (secondary N) is 1. The molecule has 1 aliphatic heterocycles. The molecule has 0 spiro atoms. The third-order valence-electron chi connectivity index (χ3n) is 5.74. The number of anilines is 1. The minimum absolute atomic E-state index is 0.139. The van der Waals surface area contributed by atoms with Gasteiger partial charge in [-0.3, -0.25) is 4.79 Å². The summed E-state index contributed by atoms with van der Waals surface area (Å²) in [6.07, 6.45) is 0.683. The Bertz CT molecular complexity index is 1220. The fourth-order valence-corrected chi connectivity index (χ4v) is 5.28. The number of carbonyl (C=O) groups excluding carboxylic acids is 1. The van der Waals surface area contributed by atoms with E-state index in [-0.39, 0.29) is 10.8 Å². The van der Waals surface area contributed by atoms with E-state index in [4.69, 9.17) is 0 Å². The molecule has 0 atom stereocenters. The molecule has 1 aliphatic rings. The van der Waals surface area contributed by atoms with Gasteiger partial charge in [-0.15, -0.1) is 0 Å². The lowest BCUT2D eigenvalue weighted by molar-refractivity contribution is 0.0950. The molecule has 0 bridgehead atoms. The third kappa shape index (κ3) is 4.69. The Morgan fingerprint density at radius 2 is 1.69 bits per heavy atom. The lowest BCUT2D eigenvalue weighted by atomic mass is 10.0. The standard InChI is InChI=1S/C25H27N3O3S/c1-27(2)23-12-10-19(11-13-23)17-26-25(29)21-8-5-9-24(16-21)32(30,31)28-15-14-20-6-3-4-7-22(20)18-28/h3-13,16H,14-15,17-18H2,1-2H3,(H,26,29). The molecule has 1 heterocycles. The van der Waals surface area contributed by atoms with Gasteiger partial charge >= 0.3 is 0 Å². The zero-order chi connectivity index (χ0) is 22.7. The topological polar surface area (TPSA) is 69.7 Å². The number of benzene rings is 3. The Kier molecular flexibility index (Phi) is 6.30. The zero-order valence-electron chi connectivity index (χ0n) is 18.3. The molecule has 6 nitrogen and oxygen atoms in total. The van der Waals surface area contributed by atoms with Crippen molar-refractivity contribution in [2.45, 2.75) is 24.4 Å². The predicted molar refractivity (Wildman–Crippen MR) is 126 cm³/mol. The van der Waals surface area contributed by atoms with Gasteiger partial charge in [0.25, 0.3) is 5.91 Å². The van der Waals surface area contributed by atoms with Crippen LogP contribution in [0.3, 0.4) is 0 Å². The summed E-state index contributed by atoms with van der Waals surface area (Å²) in [7, 11) is 0.253. The van der Waals surface area contributed by atoms with E-state index in [2.05, 4.69) is 5.32 Å². The van der Waals surface area contributed by atoms with Gasteiger partial charge in [-0.05, 0) is 53.4 Å². The van der Waals surface area contributed by atoms with Crippen LogP contribution in [0.4, 0.5) is 5.69 Å². The van der Waals surface area contributed by atoms with Crippen LogP contribution in [0.25, 0.3) is 0 Å². The lowest BCUT2D eigenvalue weighted by Crippen LogP contribution is -2.36. The molecule has 0 saturated carbocycles. The summed E-state index contributed by atoms with van der Waals surface area (Å²) >= 11 is 0. The summed E-state index contributed by atoms with van der Waals surface area (Å²) in [6, 6.07) is 22.1. The van der Waals surface area contributed by atoms with Crippen molar-refractivity contribution in [3.63, 3.8) is 0 Å². The van der Waals surface area contributed by atoms with E-state index < -0.39 is 10.0 Å². The number of carbonyl (C=O) groups is 1. The maximum atomic E-state index is 13.2. The average Bonchev–Trinajstić information content (AvgIpc) is 2.82. The number of nitrogens with zero attached hydrogens (tertiary/aromatic N) is 2. The largest absolute Gasteiger partial charge is 0.378 e. The van der Waals surface area contributed by atoms with Crippen molar-refractivity contribution in [1.29, 1.82) is 0 Å². The van der Waals surface area contributed by atoms with Gasteiger partial charge in [0.1, 0.15) is 0 Å². The van der Waals surface area contributed by atoms with Crippen LogP contribution in [-0.4, -0.2) is 39.3 Å². The van der Waals surface area contributed by atoms with E-state index >= 15 is 0 Å². The summed E-state index contributed by atoms with van der Waals surface area (Å²) in [5.74, 6) is -0.303. The van der Waals surface area contributed by atoms with Crippen molar-refractivity contribution < 1.29 is 13.2 Å². The van der Waals surface area contributed by atoms with E-state index in [1.165, 1.54) is 15.9 Å². The highest BCUT2D eigenvalue weighted by atomic mass is 32.2. The second-order valence-electron chi connectivity index (χ2n) is 8.13. The molecule has 3 aromatic carbocycles. The second-order valence-corrected chi connectivity index (χ2v) is 10.1. The third-order valence-corrected chi connectivity index (χ3v) is 7.58. The van der Waals surface area contributed by atoms with Crippen LogP contribution in [0.5, 0.6) is 0 Å². The fraction of sp³-hybridized carbons (Fsp3) is 0.240. The molecule has 7 heteroatoms. The first kappa shape index (κ1) is 22.0. The van der Waals surface area contributed by atoms with Crippen molar-refractivity contribution in [3.05, 3.63) is 95.1 Å². The van der Waals surface area contributed by atoms with Gasteiger partial charge in [0.2, 0.25) is 10.0 Å². The zero-order valence-corrected chi connectivity index (χ0v) is 19.1. The summed E-state index contributed by atoms with van der Waals surface area (Å²) in [5, 5.41) is 2.87. The van der Waals surface area contributed by atoms with Crippen LogP contribution < -0.4 is 10.2 Å². The van der Waals surface area contributed by atoms with Crippen molar-refractivity contribution in [2.75, 3.05) is 25.5 Å². The minimum Gasteiger partial charge on any atom is -0.378 e. The first-order valence-electron chi connectivity index (χ1n) is 10.6. The van der Waals surface area contributed by atoms with Crippen molar-refractivity contribution in [3.8, 4) is 0 Å². The van der Waals surface area contributed by atoms with Crippen LogP contribution in [0.15, 0.2) is 77.7 Å². The maximum Gasteiger partial charge on any atom is 0.251 e. The Morgan fingerprint density at radius 3 is 2.41 bits per heavy atom. The van der Waals surface area contributed by atoms with Gasteiger partial charge in [0.15, 0.2) is 0 Å². The van der Waals surface area contributed by atoms with Gasteiger partial charge in [-0.1, -0.05) is 42.5 Å². The summed E-state index contributed by atoms with van der Waals surface area (Å²) in [4.78, 5) is 14.8. The summed E-state index contributed by atoms with van der Waals surface area (Å²) in [5.41, 5.74) is 4.59. The minimum atomic E-state index is -3.69. The monoisotopic (exact) mass is 449 g/mol. The summed E-state index contributed by atoms with van der Waals surface area (Å²) < 4.78 is 27.9. The molecule has 166 valence electrons. The van der Waals surface area contributed by atoms with Gasteiger partial charge < -0.3 is 10.2 Å². The molecule has 1 amide bonds. The van der Waals surface area contributed by atoms with Gasteiger partial charge in [0.05, 0.1) is 4.90 Å². The van der Waals surface area contributed by atoms with Gasteiger partial charge in [-0.25, -0.2) is 8.42 Å². The smallest absolute Gasteiger partial charge is 0.251 e. The average molecular weight is 450 g/mol. The van der Waals surface area contributed by atoms with E-state index in [0.29, 0.717) is 31.6 Å². The Balaban J connectivity index is 1.46. The molecular weight excluding hydrogens is 422 g/mol. The lowest BCUT2D eigenvalue weighted by Gasteiger charge is -2.28. The predicted octanol–water partition coefficient (Wildman–Crippen LogP) is 3.43. The highest BCUT2D eigenvalue weighted by Crippen LogP contribution is 2.25. The fourth-order valence-electron chi connectivity index (χ4n) is 3.82. The molecule has 1 N–H and O–H groups in total. The van der Waals surface area contributed by atoms with E-state index in [9.17, 15) is 13.2 Å². The van der Waals surface area contributed by atoms with Crippen molar-refractivity contribution >= 4 is 21.6 Å². The van der Waals surface area contributed by atoms with Crippen molar-refractivity contribution in [2.24, 2.45) is 0 Å². The molecule has 0 aromatic heterocycles. The normalized spacial score (nSPS) is 13.9. The van der Waals surface area contributed by atoms with Crippen LogP contribution in [0, 0.1) is 0 Å². The molecule has 0 unspecified atom stereocenters.